The van der Waals surface area contributed by atoms with Crippen LogP contribution in [-0.2, 0) is 0 Å². The second kappa shape index (κ2) is 6.81. The SMILES string of the molecule is CC1=C(CNC(=O)N2CCN(C(N)=O)CC2C)C(C)(C)CCC1. The van der Waals surface area contributed by atoms with E-state index in [0.717, 1.165) is 6.42 Å². The molecule has 2 rings (SSSR count). The fourth-order valence-electron chi connectivity index (χ4n) is 3.79. The molecule has 1 atom stereocenters. The van der Waals surface area contributed by atoms with Crippen molar-refractivity contribution in [3.63, 3.8) is 0 Å². The van der Waals surface area contributed by atoms with E-state index in [2.05, 4.69) is 26.1 Å². The maximum Gasteiger partial charge on any atom is 0.318 e. The van der Waals surface area contributed by atoms with Crippen molar-refractivity contribution >= 4 is 12.1 Å². The Kier molecular flexibility index (Phi) is 5.22. The zero-order chi connectivity index (χ0) is 17.2. The molecule has 0 aromatic heterocycles. The van der Waals surface area contributed by atoms with Crippen molar-refractivity contribution < 1.29 is 9.59 Å². The minimum absolute atomic E-state index is 0.0225. The van der Waals surface area contributed by atoms with E-state index in [1.807, 2.05) is 6.92 Å². The molecule has 1 saturated heterocycles. The molecule has 1 unspecified atom stereocenters. The van der Waals surface area contributed by atoms with Crippen LogP contribution in [0.25, 0.3) is 0 Å². The molecular weight excluding hydrogens is 292 g/mol. The Hall–Kier alpha value is -1.72. The molecule has 4 amide bonds. The van der Waals surface area contributed by atoms with E-state index in [-0.39, 0.29) is 17.5 Å². The van der Waals surface area contributed by atoms with E-state index in [0.29, 0.717) is 26.2 Å². The van der Waals surface area contributed by atoms with Crippen molar-refractivity contribution in [1.29, 1.82) is 0 Å². The summed E-state index contributed by atoms with van der Waals surface area (Å²) in [5, 5.41) is 3.08. The van der Waals surface area contributed by atoms with Gasteiger partial charge in [0.15, 0.2) is 0 Å². The number of primary amides is 1. The third kappa shape index (κ3) is 3.98. The van der Waals surface area contributed by atoms with Crippen molar-refractivity contribution in [2.45, 2.75) is 53.0 Å². The molecule has 0 aromatic carbocycles. The molecule has 3 N–H and O–H groups in total. The summed E-state index contributed by atoms with van der Waals surface area (Å²) in [7, 11) is 0. The van der Waals surface area contributed by atoms with Gasteiger partial charge in [-0.15, -0.1) is 0 Å². The van der Waals surface area contributed by atoms with Gasteiger partial charge in [0.1, 0.15) is 0 Å². The van der Waals surface area contributed by atoms with Gasteiger partial charge in [0.05, 0.1) is 0 Å². The Balaban J connectivity index is 1.94. The van der Waals surface area contributed by atoms with E-state index in [1.165, 1.54) is 24.0 Å². The van der Waals surface area contributed by atoms with Gasteiger partial charge >= 0.3 is 12.1 Å². The van der Waals surface area contributed by atoms with Crippen LogP contribution < -0.4 is 11.1 Å². The lowest BCUT2D eigenvalue weighted by Gasteiger charge is -2.40. The molecule has 0 bridgehead atoms. The zero-order valence-corrected chi connectivity index (χ0v) is 14.8. The molecular formula is C17H30N4O2. The monoisotopic (exact) mass is 322 g/mol. The van der Waals surface area contributed by atoms with Gasteiger partial charge in [-0.05, 0) is 44.1 Å². The summed E-state index contributed by atoms with van der Waals surface area (Å²) in [4.78, 5) is 27.1. The molecule has 1 aliphatic carbocycles. The Bertz CT molecular complexity index is 513. The summed E-state index contributed by atoms with van der Waals surface area (Å²) < 4.78 is 0. The van der Waals surface area contributed by atoms with Gasteiger partial charge in [0.25, 0.3) is 0 Å². The van der Waals surface area contributed by atoms with E-state index in [4.69, 9.17) is 5.73 Å². The highest BCUT2D eigenvalue weighted by atomic mass is 16.2. The topological polar surface area (TPSA) is 78.7 Å². The molecule has 1 heterocycles. The first-order chi connectivity index (χ1) is 10.7. The van der Waals surface area contributed by atoms with Crippen LogP contribution in [0.5, 0.6) is 0 Å². The van der Waals surface area contributed by atoms with Crippen LogP contribution in [-0.4, -0.2) is 54.1 Å². The van der Waals surface area contributed by atoms with E-state index < -0.39 is 6.03 Å². The Morgan fingerprint density at radius 2 is 2.04 bits per heavy atom. The summed E-state index contributed by atoms with van der Waals surface area (Å²) in [6.07, 6.45) is 3.52. The van der Waals surface area contributed by atoms with E-state index >= 15 is 0 Å². The van der Waals surface area contributed by atoms with Gasteiger partial charge in [-0.1, -0.05) is 19.4 Å². The standard InChI is InChI=1S/C17H30N4O2/c1-12-6-5-7-17(3,4)14(12)10-19-16(23)21-9-8-20(15(18)22)11-13(21)2/h13H,5-11H2,1-4H3,(H2,18,22)(H,19,23). The Labute approximate surface area is 139 Å². The highest BCUT2D eigenvalue weighted by Gasteiger charge is 2.31. The largest absolute Gasteiger partial charge is 0.351 e. The number of nitrogens with one attached hydrogen (secondary N) is 1. The third-order valence-corrected chi connectivity index (χ3v) is 5.30. The number of nitrogens with zero attached hydrogens (tertiary/aromatic N) is 2. The first-order valence-corrected chi connectivity index (χ1v) is 8.50. The third-order valence-electron chi connectivity index (χ3n) is 5.30. The number of carbonyl (C=O) groups is 2. The first-order valence-electron chi connectivity index (χ1n) is 8.50. The van der Waals surface area contributed by atoms with E-state index in [1.54, 1.807) is 9.80 Å². The number of amides is 4. The molecule has 2 aliphatic rings. The highest BCUT2D eigenvalue weighted by molar-refractivity contribution is 5.76. The fraction of sp³-hybridized carbons (Fsp3) is 0.765. The number of piperazine rings is 1. The van der Waals surface area contributed by atoms with Crippen molar-refractivity contribution in [2.75, 3.05) is 26.2 Å². The predicted molar refractivity (Wildman–Crippen MR) is 91.1 cm³/mol. The highest BCUT2D eigenvalue weighted by Crippen LogP contribution is 2.39. The van der Waals surface area contributed by atoms with Crippen LogP contribution in [0.2, 0.25) is 0 Å². The number of nitrogens with two attached hydrogens (primary N) is 1. The van der Waals surface area contributed by atoms with Crippen molar-refractivity contribution in [3.05, 3.63) is 11.1 Å². The smallest absolute Gasteiger partial charge is 0.318 e. The molecule has 0 spiro atoms. The van der Waals surface area contributed by atoms with Crippen LogP contribution in [0.1, 0.15) is 47.0 Å². The van der Waals surface area contributed by atoms with Gasteiger partial charge in [-0.2, -0.15) is 0 Å². The number of hydrogen-bond donors (Lipinski definition) is 2. The van der Waals surface area contributed by atoms with Crippen molar-refractivity contribution in [3.8, 4) is 0 Å². The molecule has 1 aliphatic heterocycles. The molecule has 1 fully saturated rings. The number of urea groups is 2. The summed E-state index contributed by atoms with van der Waals surface area (Å²) >= 11 is 0. The molecule has 6 nitrogen and oxygen atoms in total. The number of hydrogen-bond acceptors (Lipinski definition) is 2. The van der Waals surface area contributed by atoms with Crippen LogP contribution in [0.4, 0.5) is 9.59 Å². The first kappa shape index (κ1) is 17.6. The van der Waals surface area contributed by atoms with E-state index in [9.17, 15) is 9.59 Å². The molecule has 0 saturated carbocycles. The second-order valence-corrected chi connectivity index (χ2v) is 7.48. The normalized spacial score (nSPS) is 24.6. The lowest BCUT2D eigenvalue weighted by atomic mass is 9.73. The second-order valence-electron chi connectivity index (χ2n) is 7.48. The number of carbonyl (C=O) groups excluding carboxylic acids is 2. The average Bonchev–Trinajstić information content (AvgIpc) is 2.45. The van der Waals surface area contributed by atoms with Crippen LogP contribution in [0, 0.1) is 5.41 Å². The van der Waals surface area contributed by atoms with Crippen LogP contribution >= 0.6 is 0 Å². The predicted octanol–water partition coefficient (Wildman–Crippen LogP) is 2.31. The minimum Gasteiger partial charge on any atom is -0.351 e. The Morgan fingerprint density at radius 3 is 2.61 bits per heavy atom. The van der Waals surface area contributed by atoms with Crippen molar-refractivity contribution in [2.24, 2.45) is 11.1 Å². The van der Waals surface area contributed by atoms with Gasteiger partial charge in [0.2, 0.25) is 0 Å². The Morgan fingerprint density at radius 1 is 1.35 bits per heavy atom. The molecule has 130 valence electrons. The van der Waals surface area contributed by atoms with Gasteiger partial charge in [-0.3, -0.25) is 0 Å². The summed E-state index contributed by atoms with van der Waals surface area (Å²) in [5.74, 6) is 0. The molecule has 6 heteroatoms. The summed E-state index contributed by atoms with van der Waals surface area (Å²) in [5.41, 5.74) is 8.24. The lowest BCUT2D eigenvalue weighted by molar-refractivity contribution is 0.116. The van der Waals surface area contributed by atoms with Crippen LogP contribution in [0.3, 0.4) is 0 Å². The fourth-order valence-corrected chi connectivity index (χ4v) is 3.79. The summed E-state index contributed by atoms with van der Waals surface area (Å²) in [6, 6.07) is -0.490. The average molecular weight is 322 g/mol. The van der Waals surface area contributed by atoms with Gasteiger partial charge in [0, 0.05) is 32.2 Å². The molecule has 0 aromatic rings. The zero-order valence-electron chi connectivity index (χ0n) is 14.8. The number of rotatable bonds is 2. The maximum atomic E-state index is 12.5. The van der Waals surface area contributed by atoms with Crippen molar-refractivity contribution in [1.82, 2.24) is 15.1 Å². The lowest BCUT2D eigenvalue weighted by Crippen LogP contribution is -2.58. The molecule has 23 heavy (non-hydrogen) atoms. The number of allylic oxidation sites excluding steroid dienone is 1. The van der Waals surface area contributed by atoms with Gasteiger partial charge < -0.3 is 20.9 Å². The molecule has 0 radical (unpaired) electrons. The summed E-state index contributed by atoms with van der Waals surface area (Å²) in [6.45, 7) is 10.8. The quantitative estimate of drug-likeness (QED) is 0.765. The van der Waals surface area contributed by atoms with Gasteiger partial charge in [-0.25, -0.2) is 9.59 Å². The minimum atomic E-state index is -0.415. The van der Waals surface area contributed by atoms with Crippen LogP contribution in [0.15, 0.2) is 11.1 Å². The maximum absolute atomic E-state index is 12.5.